The summed E-state index contributed by atoms with van der Waals surface area (Å²) < 4.78 is 12.7. The van der Waals surface area contributed by atoms with E-state index in [0.29, 0.717) is 6.54 Å². The van der Waals surface area contributed by atoms with Crippen LogP contribution in [0.15, 0.2) is 24.3 Å². The van der Waals surface area contributed by atoms with Crippen molar-refractivity contribution >= 4 is 5.91 Å². The fourth-order valence-corrected chi connectivity index (χ4v) is 1.97. The summed E-state index contributed by atoms with van der Waals surface area (Å²) in [4.78, 5) is 13.6. The molecular formula is C12H15FN2O. The molecule has 1 amide bonds. The van der Waals surface area contributed by atoms with E-state index in [4.69, 9.17) is 0 Å². The number of likely N-dealkylation sites (tertiary alicyclic amines) is 1. The molecule has 1 unspecified atom stereocenters. The number of nitrogens with zero attached hydrogens (tertiary/aromatic N) is 1. The van der Waals surface area contributed by atoms with E-state index in [-0.39, 0.29) is 17.8 Å². The highest BCUT2D eigenvalue weighted by Gasteiger charge is 2.29. The van der Waals surface area contributed by atoms with Crippen LogP contribution < -0.4 is 5.32 Å². The van der Waals surface area contributed by atoms with E-state index in [2.05, 4.69) is 5.32 Å². The molecular weight excluding hydrogens is 207 g/mol. The molecule has 2 rings (SSSR count). The average molecular weight is 222 g/mol. The highest BCUT2D eigenvalue weighted by Crippen LogP contribution is 2.15. The van der Waals surface area contributed by atoms with Crippen LogP contribution in [-0.4, -0.2) is 30.4 Å². The van der Waals surface area contributed by atoms with Crippen LogP contribution in [0.3, 0.4) is 0 Å². The standard InChI is InChI=1S/C12H15FN2O/c1-14-11-6-7-15(12(11)16)8-9-2-4-10(13)5-3-9/h2-5,11,14H,6-8H2,1H3. The van der Waals surface area contributed by atoms with Crippen molar-refractivity contribution in [3.63, 3.8) is 0 Å². The number of hydrogen-bond acceptors (Lipinski definition) is 2. The second-order valence-corrected chi connectivity index (χ2v) is 4.02. The van der Waals surface area contributed by atoms with Crippen molar-refractivity contribution in [2.75, 3.05) is 13.6 Å². The van der Waals surface area contributed by atoms with Crippen LogP contribution in [0.25, 0.3) is 0 Å². The van der Waals surface area contributed by atoms with Crippen molar-refractivity contribution in [3.05, 3.63) is 35.6 Å². The highest BCUT2D eigenvalue weighted by molar-refractivity contribution is 5.83. The lowest BCUT2D eigenvalue weighted by Gasteiger charge is -2.16. The van der Waals surface area contributed by atoms with Gasteiger partial charge in [-0.05, 0) is 31.2 Å². The van der Waals surface area contributed by atoms with Gasteiger partial charge in [-0.1, -0.05) is 12.1 Å². The maximum absolute atomic E-state index is 12.7. The van der Waals surface area contributed by atoms with Crippen molar-refractivity contribution in [1.29, 1.82) is 0 Å². The number of halogens is 1. The quantitative estimate of drug-likeness (QED) is 0.832. The van der Waals surface area contributed by atoms with E-state index in [9.17, 15) is 9.18 Å². The van der Waals surface area contributed by atoms with E-state index < -0.39 is 0 Å². The Morgan fingerprint density at radius 2 is 2.12 bits per heavy atom. The van der Waals surface area contributed by atoms with Crippen molar-refractivity contribution in [1.82, 2.24) is 10.2 Å². The maximum atomic E-state index is 12.7. The highest BCUT2D eigenvalue weighted by atomic mass is 19.1. The third kappa shape index (κ3) is 2.22. The van der Waals surface area contributed by atoms with Crippen molar-refractivity contribution in [2.24, 2.45) is 0 Å². The van der Waals surface area contributed by atoms with Gasteiger partial charge in [0.1, 0.15) is 5.82 Å². The van der Waals surface area contributed by atoms with Gasteiger partial charge in [-0.3, -0.25) is 4.79 Å². The van der Waals surface area contributed by atoms with Gasteiger partial charge in [0.05, 0.1) is 6.04 Å². The summed E-state index contributed by atoms with van der Waals surface area (Å²) in [6.07, 6.45) is 0.844. The average Bonchev–Trinajstić information content (AvgIpc) is 2.63. The van der Waals surface area contributed by atoms with Crippen LogP contribution in [0.2, 0.25) is 0 Å². The first-order chi connectivity index (χ1) is 7.70. The Balaban J connectivity index is 2.01. The largest absolute Gasteiger partial charge is 0.337 e. The van der Waals surface area contributed by atoms with E-state index in [0.717, 1.165) is 18.5 Å². The zero-order valence-electron chi connectivity index (χ0n) is 9.24. The SMILES string of the molecule is CNC1CCN(Cc2ccc(F)cc2)C1=O. The molecule has 0 spiro atoms. The minimum Gasteiger partial charge on any atom is -0.337 e. The first-order valence-corrected chi connectivity index (χ1v) is 5.41. The Kier molecular flexibility index (Phi) is 3.19. The molecule has 4 heteroatoms. The van der Waals surface area contributed by atoms with Gasteiger partial charge in [0.25, 0.3) is 0 Å². The van der Waals surface area contributed by atoms with Gasteiger partial charge in [-0.15, -0.1) is 0 Å². The summed E-state index contributed by atoms with van der Waals surface area (Å²) in [5.41, 5.74) is 0.964. The predicted octanol–water partition coefficient (Wildman–Crippen LogP) is 1.15. The lowest BCUT2D eigenvalue weighted by atomic mass is 10.2. The minimum atomic E-state index is -0.246. The summed E-state index contributed by atoms with van der Waals surface area (Å²) >= 11 is 0. The number of carbonyl (C=O) groups is 1. The Labute approximate surface area is 94.3 Å². The van der Waals surface area contributed by atoms with Gasteiger partial charge in [-0.25, -0.2) is 4.39 Å². The predicted molar refractivity (Wildman–Crippen MR) is 59.3 cm³/mol. The molecule has 1 aromatic rings. The molecule has 1 saturated heterocycles. The second-order valence-electron chi connectivity index (χ2n) is 4.02. The van der Waals surface area contributed by atoms with E-state index >= 15 is 0 Å². The third-order valence-corrected chi connectivity index (χ3v) is 2.93. The number of amides is 1. The normalized spacial score (nSPS) is 20.5. The van der Waals surface area contributed by atoms with E-state index in [1.807, 2.05) is 0 Å². The summed E-state index contributed by atoms with van der Waals surface area (Å²) in [5.74, 6) is -0.114. The summed E-state index contributed by atoms with van der Waals surface area (Å²) in [7, 11) is 1.80. The molecule has 1 N–H and O–H groups in total. The molecule has 0 saturated carbocycles. The number of hydrogen-bond donors (Lipinski definition) is 1. The van der Waals surface area contributed by atoms with Crippen LogP contribution in [0.4, 0.5) is 4.39 Å². The molecule has 86 valence electrons. The van der Waals surface area contributed by atoms with Gasteiger partial charge in [0.2, 0.25) is 5.91 Å². The monoisotopic (exact) mass is 222 g/mol. The Morgan fingerprint density at radius 3 is 2.69 bits per heavy atom. The Hall–Kier alpha value is -1.42. The smallest absolute Gasteiger partial charge is 0.240 e. The first kappa shape index (κ1) is 11.1. The van der Waals surface area contributed by atoms with E-state index in [1.165, 1.54) is 12.1 Å². The maximum Gasteiger partial charge on any atom is 0.240 e. The molecule has 0 aliphatic carbocycles. The molecule has 0 bridgehead atoms. The van der Waals surface area contributed by atoms with Crippen molar-refractivity contribution < 1.29 is 9.18 Å². The number of benzene rings is 1. The van der Waals surface area contributed by atoms with Gasteiger partial charge in [0.15, 0.2) is 0 Å². The summed E-state index contributed by atoms with van der Waals surface area (Å²) in [5, 5.41) is 2.99. The molecule has 1 fully saturated rings. The van der Waals surface area contributed by atoms with E-state index in [1.54, 1.807) is 24.1 Å². The molecule has 1 heterocycles. The number of likely N-dealkylation sites (N-methyl/N-ethyl adjacent to an activating group) is 1. The molecule has 1 aliphatic rings. The molecule has 16 heavy (non-hydrogen) atoms. The third-order valence-electron chi connectivity index (χ3n) is 2.93. The number of carbonyl (C=O) groups excluding carboxylic acids is 1. The fraction of sp³-hybridized carbons (Fsp3) is 0.417. The summed E-state index contributed by atoms with van der Waals surface area (Å²) in [6, 6.07) is 6.22. The van der Waals surface area contributed by atoms with Gasteiger partial charge in [0, 0.05) is 13.1 Å². The molecule has 1 atom stereocenters. The second kappa shape index (κ2) is 4.61. The molecule has 3 nitrogen and oxygen atoms in total. The van der Waals surface area contributed by atoms with Gasteiger partial charge in [-0.2, -0.15) is 0 Å². The lowest BCUT2D eigenvalue weighted by Crippen LogP contribution is -2.35. The Morgan fingerprint density at radius 1 is 1.44 bits per heavy atom. The molecule has 0 radical (unpaired) electrons. The van der Waals surface area contributed by atoms with Crippen molar-refractivity contribution in [3.8, 4) is 0 Å². The lowest BCUT2D eigenvalue weighted by molar-refractivity contribution is -0.129. The molecule has 1 aliphatic heterocycles. The summed E-state index contributed by atoms with van der Waals surface area (Å²) in [6.45, 7) is 1.33. The zero-order chi connectivity index (χ0) is 11.5. The molecule has 1 aromatic carbocycles. The van der Waals surface area contributed by atoms with Crippen molar-refractivity contribution in [2.45, 2.75) is 19.0 Å². The first-order valence-electron chi connectivity index (χ1n) is 5.41. The number of nitrogens with one attached hydrogen (secondary N) is 1. The molecule has 0 aromatic heterocycles. The van der Waals surface area contributed by atoms with Gasteiger partial charge < -0.3 is 10.2 Å². The van der Waals surface area contributed by atoms with Crippen LogP contribution in [0.1, 0.15) is 12.0 Å². The van der Waals surface area contributed by atoms with Crippen LogP contribution >= 0.6 is 0 Å². The Bertz CT molecular complexity index is 377. The number of rotatable bonds is 3. The topological polar surface area (TPSA) is 32.3 Å². The minimum absolute atomic E-state index is 0.0551. The zero-order valence-corrected chi connectivity index (χ0v) is 9.24. The van der Waals surface area contributed by atoms with Crippen LogP contribution in [0.5, 0.6) is 0 Å². The fourth-order valence-electron chi connectivity index (χ4n) is 1.97. The van der Waals surface area contributed by atoms with Crippen LogP contribution in [0, 0.1) is 5.82 Å². The van der Waals surface area contributed by atoms with Gasteiger partial charge >= 0.3 is 0 Å². The van der Waals surface area contributed by atoms with Crippen LogP contribution in [-0.2, 0) is 11.3 Å².